The number of methoxy groups -OCH3 is 2. The van der Waals surface area contributed by atoms with E-state index in [0.717, 1.165) is 44.4 Å². The van der Waals surface area contributed by atoms with Gasteiger partial charge in [-0.1, -0.05) is 60.7 Å². The van der Waals surface area contributed by atoms with Crippen molar-refractivity contribution >= 4 is 22.0 Å². The van der Waals surface area contributed by atoms with Gasteiger partial charge in [0.1, 0.15) is 0 Å². The Balaban J connectivity index is 1.89. The molecule has 0 bridgehead atoms. The molecule has 3 aromatic carbocycles. The highest BCUT2D eigenvalue weighted by atomic mass is 16.5. The summed E-state index contributed by atoms with van der Waals surface area (Å²) in [4.78, 5) is 4.76. The minimum atomic E-state index is 0.677. The fourth-order valence-corrected chi connectivity index (χ4v) is 4.06. The van der Waals surface area contributed by atoms with Crippen LogP contribution < -0.4 is 14.8 Å². The summed E-state index contributed by atoms with van der Waals surface area (Å²) in [5.41, 5.74) is 6.05. The summed E-state index contributed by atoms with van der Waals surface area (Å²) in [5.74, 6) is 1.39. The Hall–Kier alpha value is -3.79. The maximum atomic E-state index is 5.84. The molecule has 0 atom stereocenters. The average molecular weight is 380 g/mol. The number of anilines is 1. The Labute approximate surface area is 169 Å². The standard InChI is InChI=1S/C25H20N2O2/c1-28-24-20(17-11-7-4-8-12-17)18-13-14-26-22-19(16-9-5-3-6-10-16)15-27-23(21(18)22)25(24)29-2/h3-15,27H,1-2H3. The summed E-state index contributed by atoms with van der Waals surface area (Å²) in [7, 11) is 3.35. The minimum absolute atomic E-state index is 0.677. The van der Waals surface area contributed by atoms with Crippen LogP contribution in [0, 0.1) is 0 Å². The zero-order valence-corrected chi connectivity index (χ0v) is 16.3. The lowest BCUT2D eigenvalue weighted by Gasteiger charge is -2.25. The molecule has 1 N–H and O–H groups in total. The summed E-state index contributed by atoms with van der Waals surface area (Å²) in [6.07, 6.45) is 3.85. The molecule has 2 heterocycles. The number of aromatic nitrogens is 1. The number of benzene rings is 3. The lowest BCUT2D eigenvalue weighted by Crippen LogP contribution is -2.08. The molecule has 1 aromatic heterocycles. The van der Waals surface area contributed by atoms with E-state index in [-0.39, 0.29) is 0 Å². The summed E-state index contributed by atoms with van der Waals surface area (Å²) in [5, 5.41) is 5.55. The maximum Gasteiger partial charge on any atom is 0.185 e. The van der Waals surface area contributed by atoms with Gasteiger partial charge in [-0.3, -0.25) is 4.98 Å². The van der Waals surface area contributed by atoms with E-state index in [0.29, 0.717) is 11.5 Å². The predicted octanol–water partition coefficient (Wildman–Crippen LogP) is 5.73. The van der Waals surface area contributed by atoms with Crippen LogP contribution in [0.3, 0.4) is 0 Å². The molecule has 1 aliphatic rings. The monoisotopic (exact) mass is 380 g/mol. The van der Waals surface area contributed by atoms with E-state index in [9.17, 15) is 0 Å². The summed E-state index contributed by atoms with van der Waals surface area (Å²) in [6, 6.07) is 22.6. The van der Waals surface area contributed by atoms with Crippen molar-refractivity contribution in [2.45, 2.75) is 0 Å². The Morgan fingerprint density at radius 2 is 1.41 bits per heavy atom. The van der Waals surface area contributed by atoms with Gasteiger partial charge in [-0.2, -0.15) is 0 Å². The number of nitrogens with one attached hydrogen (secondary N) is 1. The first-order valence-corrected chi connectivity index (χ1v) is 9.48. The highest BCUT2D eigenvalue weighted by Crippen LogP contribution is 2.52. The second kappa shape index (κ2) is 6.99. The third-order valence-electron chi connectivity index (χ3n) is 5.30. The molecular formula is C25H20N2O2. The molecule has 0 fully saturated rings. The van der Waals surface area contributed by atoms with E-state index < -0.39 is 0 Å². The molecule has 4 heteroatoms. The van der Waals surface area contributed by atoms with Gasteiger partial charge in [0.15, 0.2) is 11.5 Å². The van der Waals surface area contributed by atoms with Crippen LogP contribution in [0.2, 0.25) is 0 Å². The Bertz CT molecular complexity index is 1230. The van der Waals surface area contributed by atoms with Crippen LogP contribution in [0.4, 0.5) is 5.69 Å². The van der Waals surface area contributed by atoms with Gasteiger partial charge in [-0.05, 0) is 22.6 Å². The molecule has 142 valence electrons. The second-order valence-corrected chi connectivity index (χ2v) is 6.83. The summed E-state index contributed by atoms with van der Waals surface area (Å²) in [6.45, 7) is 0. The molecule has 0 amide bonds. The van der Waals surface area contributed by atoms with Crippen LogP contribution in [0.15, 0.2) is 79.1 Å². The number of ether oxygens (including phenoxy) is 2. The Kier molecular flexibility index (Phi) is 4.17. The van der Waals surface area contributed by atoms with E-state index in [1.807, 2.05) is 54.9 Å². The summed E-state index contributed by atoms with van der Waals surface area (Å²) >= 11 is 0. The van der Waals surface area contributed by atoms with E-state index in [2.05, 4.69) is 29.6 Å². The topological polar surface area (TPSA) is 43.4 Å². The molecule has 0 aliphatic carbocycles. The highest BCUT2D eigenvalue weighted by molar-refractivity contribution is 6.15. The quantitative estimate of drug-likeness (QED) is 0.491. The fraction of sp³-hybridized carbons (Fsp3) is 0.0800. The lowest BCUT2D eigenvalue weighted by atomic mass is 9.90. The smallest absolute Gasteiger partial charge is 0.185 e. The SMILES string of the molecule is COc1c(OC)c2c3c(nccc3c1-c1ccccc1)C(c1ccccc1)=CN2. The molecular weight excluding hydrogens is 360 g/mol. The van der Waals surface area contributed by atoms with Crippen molar-refractivity contribution in [1.82, 2.24) is 4.98 Å². The van der Waals surface area contributed by atoms with Crippen molar-refractivity contribution in [3.05, 3.63) is 90.4 Å². The van der Waals surface area contributed by atoms with Crippen molar-refractivity contribution in [2.24, 2.45) is 0 Å². The number of pyridine rings is 1. The lowest BCUT2D eigenvalue weighted by molar-refractivity contribution is 0.358. The largest absolute Gasteiger partial charge is 0.492 e. The van der Waals surface area contributed by atoms with Crippen molar-refractivity contribution in [3.8, 4) is 22.6 Å². The Morgan fingerprint density at radius 3 is 2.07 bits per heavy atom. The third-order valence-corrected chi connectivity index (χ3v) is 5.30. The average Bonchev–Trinajstić information content (AvgIpc) is 2.80. The van der Waals surface area contributed by atoms with Gasteiger partial charge in [0.25, 0.3) is 0 Å². The first-order chi connectivity index (χ1) is 14.3. The predicted molar refractivity (Wildman–Crippen MR) is 117 cm³/mol. The van der Waals surface area contributed by atoms with E-state index in [4.69, 9.17) is 14.5 Å². The van der Waals surface area contributed by atoms with Gasteiger partial charge in [0.05, 0.1) is 25.6 Å². The third kappa shape index (κ3) is 2.64. The normalized spacial score (nSPS) is 12.3. The van der Waals surface area contributed by atoms with Crippen LogP contribution in [0.1, 0.15) is 11.3 Å². The summed E-state index contributed by atoms with van der Waals surface area (Å²) < 4.78 is 11.7. The number of hydrogen-bond acceptors (Lipinski definition) is 4. The Morgan fingerprint density at radius 1 is 0.759 bits per heavy atom. The van der Waals surface area contributed by atoms with Gasteiger partial charge in [-0.15, -0.1) is 0 Å². The van der Waals surface area contributed by atoms with Crippen LogP contribution in [-0.2, 0) is 0 Å². The first kappa shape index (κ1) is 17.3. The van der Waals surface area contributed by atoms with Gasteiger partial charge in [0.2, 0.25) is 0 Å². The van der Waals surface area contributed by atoms with Gasteiger partial charge in [-0.25, -0.2) is 0 Å². The van der Waals surface area contributed by atoms with Crippen LogP contribution in [-0.4, -0.2) is 19.2 Å². The molecule has 0 radical (unpaired) electrons. The van der Waals surface area contributed by atoms with Crippen LogP contribution >= 0.6 is 0 Å². The highest BCUT2D eigenvalue weighted by Gasteiger charge is 2.27. The molecule has 29 heavy (non-hydrogen) atoms. The zero-order chi connectivity index (χ0) is 19.8. The van der Waals surface area contributed by atoms with Gasteiger partial charge >= 0.3 is 0 Å². The van der Waals surface area contributed by atoms with Gasteiger partial charge < -0.3 is 14.8 Å². The maximum absolute atomic E-state index is 5.84. The molecule has 4 nitrogen and oxygen atoms in total. The van der Waals surface area contributed by atoms with Crippen molar-refractivity contribution in [1.29, 1.82) is 0 Å². The van der Waals surface area contributed by atoms with E-state index in [1.54, 1.807) is 14.2 Å². The molecule has 0 saturated carbocycles. The van der Waals surface area contributed by atoms with E-state index in [1.165, 1.54) is 0 Å². The number of hydrogen-bond donors (Lipinski definition) is 1. The zero-order valence-electron chi connectivity index (χ0n) is 16.3. The molecule has 1 aliphatic heterocycles. The van der Waals surface area contributed by atoms with Crippen LogP contribution in [0.25, 0.3) is 27.5 Å². The van der Waals surface area contributed by atoms with E-state index >= 15 is 0 Å². The number of nitrogens with zero attached hydrogens (tertiary/aromatic N) is 1. The molecule has 0 spiro atoms. The molecule has 4 aromatic rings. The molecule has 5 rings (SSSR count). The molecule has 0 saturated heterocycles. The number of rotatable bonds is 4. The van der Waals surface area contributed by atoms with Crippen molar-refractivity contribution in [3.63, 3.8) is 0 Å². The van der Waals surface area contributed by atoms with Crippen molar-refractivity contribution < 1.29 is 9.47 Å². The first-order valence-electron chi connectivity index (χ1n) is 9.48. The minimum Gasteiger partial charge on any atom is -0.492 e. The second-order valence-electron chi connectivity index (χ2n) is 6.83. The fourth-order valence-electron chi connectivity index (χ4n) is 4.06. The van der Waals surface area contributed by atoms with Crippen molar-refractivity contribution in [2.75, 3.05) is 19.5 Å². The van der Waals surface area contributed by atoms with Gasteiger partial charge in [0, 0.05) is 28.9 Å². The molecule has 0 unspecified atom stereocenters. The van der Waals surface area contributed by atoms with Crippen LogP contribution in [0.5, 0.6) is 11.5 Å².